The molecule has 130 valence electrons. The summed E-state index contributed by atoms with van der Waals surface area (Å²) in [5.74, 6) is 0. The van der Waals surface area contributed by atoms with Crippen molar-refractivity contribution in [3.8, 4) is 0 Å². The van der Waals surface area contributed by atoms with Crippen LogP contribution >= 0.6 is 0 Å². The quantitative estimate of drug-likeness (QED) is 0.547. The Kier molecular flexibility index (Phi) is 6.29. The molecular formula is C21H26N4. The Hall–Kier alpha value is -3.14. The highest BCUT2D eigenvalue weighted by Crippen LogP contribution is 2.13. The molecule has 3 aromatic carbocycles. The number of hydrogen-bond donors (Lipinski definition) is 4. The summed E-state index contributed by atoms with van der Waals surface area (Å²) in [6.45, 7) is 1.94. The molecule has 0 bridgehead atoms. The monoisotopic (exact) mass is 334 g/mol. The first kappa shape index (κ1) is 18.2. The first-order chi connectivity index (χ1) is 11.9. The van der Waals surface area contributed by atoms with Gasteiger partial charge in [0, 0.05) is 22.7 Å². The van der Waals surface area contributed by atoms with Crippen molar-refractivity contribution < 1.29 is 0 Å². The van der Waals surface area contributed by atoms with Crippen LogP contribution in [0.5, 0.6) is 0 Å². The van der Waals surface area contributed by atoms with Crippen molar-refractivity contribution in [2.24, 2.45) is 0 Å². The summed E-state index contributed by atoms with van der Waals surface area (Å²) in [6.07, 6.45) is 2.06. The van der Waals surface area contributed by atoms with Crippen LogP contribution in [0.2, 0.25) is 0 Å². The third-order valence-corrected chi connectivity index (χ3v) is 3.96. The largest absolute Gasteiger partial charge is 0.399 e. The van der Waals surface area contributed by atoms with Gasteiger partial charge in [0.1, 0.15) is 0 Å². The molecule has 0 atom stereocenters. The van der Waals surface area contributed by atoms with Gasteiger partial charge in [-0.25, -0.2) is 0 Å². The molecule has 0 saturated heterocycles. The van der Waals surface area contributed by atoms with Gasteiger partial charge in [-0.3, -0.25) is 0 Å². The molecule has 25 heavy (non-hydrogen) atoms. The lowest BCUT2D eigenvalue weighted by Gasteiger charge is -2.03. The van der Waals surface area contributed by atoms with Gasteiger partial charge < -0.3 is 22.9 Å². The van der Waals surface area contributed by atoms with E-state index in [0.29, 0.717) is 0 Å². The van der Waals surface area contributed by atoms with Crippen molar-refractivity contribution in [3.63, 3.8) is 0 Å². The van der Waals surface area contributed by atoms with Crippen LogP contribution in [0, 0.1) is 6.92 Å². The van der Waals surface area contributed by atoms with E-state index in [9.17, 15) is 0 Å². The number of anilines is 4. The zero-order chi connectivity index (χ0) is 18.2. The van der Waals surface area contributed by atoms with Crippen LogP contribution in [-0.2, 0) is 12.8 Å². The standard InChI is InChI=1S/C14H16N2.C7H10N2/c15-13-7-3-11(4-8-13)1-2-12-5-9-14(16)10-6-12;1-5-4-6(8)2-3-7(5)9/h3-10H,1-2,15-16H2;2-4H,8-9H2,1H3. The van der Waals surface area contributed by atoms with Gasteiger partial charge in [-0.15, -0.1) is 0 Å². The van der Waals surface area contributed by atoms with E-state index in [0.717, 1.165) is 41.2 Å². The van der Waals surface area contributed by atoms with Crippen molar-refractivity contribution in [1.82, 2.24) is 0 Å². The second kappa shape index (κ2) is 8.64. The highest BCUT2D eigenvalue weighted by atomic mass is 14.6. The molecule has 0 aromatic heterocycles. The molecule has 0 unspecified atom stereocenters. The summed E-state index contributed by atoms with van der Waals surface area (Å²) in [5, 5.41) is 0. The molecular weight excluding hydrogens is 308 g/mol. The Balaban J connectivity index is 0.000000212. The zero-order valence-corrected chi connectivity index (χ0v) is 14.6. The molecule has 0 saturated carbocycles. The Morgan fingerprint density at radius 1 is 0.560 bits per heavy atom. The SMILES string of the molecule is Cc1cc(N)ccc1N.Nc1ccc(CCc2ccc(N)cc2)cc1. The lowest BCUT2D eigenvalue weighted by Crippen LogP contribution is -1.93. The summed E-state index contributed by atoms with van der Waals surface area (Å²) >= 11 is 0. The average molecular weight is 334 g/mol. The highest BCUT2D eigenvalue weighted by Gasteiger charge is 1.96. The number of nitrogens with two attached hydrogens (primary N) is 4. The van der Waals surface area contributed by atoms with E-state index < -0.39 is 0 Å². The fraction of sp³-hybridized carbons (Fsp3) is 0.143. The third-order valence-electron chi connectivity index (χ3n) is 3.96. The molecule has 0 spiro atoms. The number of nitrogen functional groups attached to an aromatic ring is 4. The Morgan fingerprint density at radius 3 is 1.32 bits per heavy atom. The van der Waals surface area contributed by atoms with Crippen molar-refractivity contribution in [2.45, 2.75) is 19.8 Å². The first-order valence-corrected chi connectivity index (χ1v) is 8.24. The maximum atomic E-state index is 5.64. The van der Waals surface area contributed by atoms with Crippen molar-refractivity contribution >= 4 is 22.7 Å². The molecule has 0 fully saturated rings. The van der Waals surface area contributed by atoms with Crippen LogP contribution in [0.15, 0.2) is 66.7 Å². The molecule has 0 radical (unpaired) electrons. The minimum Gasteiger partial charge on any atom is -0.399 e. The van der Waals surface area contributed by atoms with E-state index in [1.807, 2.05) is 43.3 Å². The lowest BCUT2D eigenvalue weighted by molar-refractivity contribution is 0.961. The van der Waals surface area contributed by atoms with E-state index in [4.69, 9.17) is 22.9 Å². The summed E-state index contributed by atoms with van der Waals surface area (Å²) < 4.78 is 0. The highest BCUT2D eigenvalue weighted by molar-refractivity contribution is 5.54. The Labute approximate surface area is 149 Å². The van der Waals surface area contributed by atoms with Gasteiger partial charge in [0.25, 0.3) is 0 Å². The second-order valence-corrected chi connectivity index (χ2v) is 6.10. The van der Waals surface area contributed by atoms with E-state index in [2.05, 4.69) is 24.3 Å². The van der Waals surface area contributed by atoms with Gasteiger partial charge in [0.05, 0.1) is 0 Å². The summed E-state index contributed by atoms with van der Waals surface area (Å²) in [6, 6.07) is 21.5. The van der Waals surface area contributed by atoms with Crippen molar-refractivity contribution in [3.05, 3.63) is 83.4 Å². The molecule has 0 aliphatic rings. The topological polar surface area (TPSA) is 104 Å². The van der Waals surface area contributed by atoms with Crippen LogP contribution < -0.4 is 22.9 Å². The molecule has 3 rings (SSSR count). The summed E-state index contributed by atoms with van der Waals surface area (Å²) in [7, 11) is 0. The molecule has 3 aromatic rings. The third kappa shape index (κ3) is 6.11. The van der Waals surface area contributed by atoms with Gasteiger partial charge in [-0.1, -0.05) is 24.3 Å². The smallest absolute Gasteiger partial charge is 0.0345 e. The minimum atomic E-state index is 0.765. The maximum absolute atomic E-state index is 5.64. The Morgan fingerprint density at radius 2 is 0.960 bits per heavy atom. The molecule has 8 N–H and O–H groups in total. The average Bonchev–Trinajstić information content (AvgIpc) is 2.60. The van der Waals surface area contributed by atoms with Gasteiger partial charge in [0.2, 0.25) is 0 Å². The first-order valence-electron chi connectivity index (χ1n) is 8.24. The number of aryl methyl sites for hydroxylation is 3. The predicted molar refractivity (Wildman–Crippen MR) is 109 cm³/mol. The van der Waals surface area contributed by atoms with Gasteiger partial charge in [-0.2, -0.15) is 0 Å². The summed E-state index contributed by atoms with van der Waals surface area (Å²) in [4.78, 5) is 0. The number of hydrogen-bond acceptors (Lipinski definition) is 4. The molecule has 4 heteroatoms. The van der Waals surface area contributed by atoms with E-state index in [1.165, 1.54) is 11.1 Å². The van der Waals surface area contributed by atoms with E-state index >= 15 is 0 Å². The fourth-order valence-corrected chi connectivity index (χ4v) is 2.36. The van der Waals surface area contributed by atoms with Crippen LogP contribution in [0.25, 0.3) is 0 Å². The molecule has 0 amide bonds. The van der Waals surface area contributed by atoms with Crippen LogP contribution in [0.3, 0.4) is 0 Å². The van der Waals surface area contributed by atoms with Crippen molar-refractivity contribution in [1.29, 1.82) is 0 Å². The van der Waals surface area contributed by atoms with E-state index in [-0.39, 0.29) is 0 Å². The summed E-state index contributed by atoms with van der Waals surface area (Å²) in [5.41, 5.74) is 29.1. The normalized spacial score (nSPS) is 9.96. The molecule has 4 nitrogen and oxygen atoms in total. The number of rotatable bonds is 3. The van der Waals surface area contributed by atoms with Crippen LogP contribution in [0.4, 0.5) is 22.7 Å². The van der Waals surface area contributed by atoms with Gasteiger partial charge >= 0.3 is 0 Å². The van der Waals surface area contributed by atoms with Gasteiger partial charge in [0.15, 0.2) is 0 Å². The molecule has 0 aliphatic carbocycles. The molecule has 0 aliphatic heterocycles. The Bertz CT molecular complexity index is 748. The lowest BCUT2D eigenvalue weighted by atomic mass is 10.0. The zero-order valence-electron chi connectivity index (χ0n) is 14.6. The second-order valence-electron chi connectivity index (χ2n) is 6.10. The number of benzene rings is 3. The molecule has 0 heterocycles. The van der Waals surface area contributed by atoms with Gasteiger partial charge in [-0.05, 0) is 78.9 Å². The maximum Gasteiger partial charge on any atom is 0.0345 e. The fourth-order valence-electron chi connectivity index (χ4n) is 2.36. The van der Waals surface area contributed by atoms with Crippen LogP contribution in [-0.4, -0.2) is 0 Å². The van der Waals surface area contributed by atoms with E-state index in [1.54, 1.807) is 6.07 Å². The van der Waals surface area contributed by atoms with Crippen molar-refractivity contribution in [2.75, 3.05) is 22.9 Å². The minimum absolute atomic E-state index is 0.765. The predicted octanol–water partition coefficient (Wildman–Crippen LogP) is 3.80. The van der Waals surface area contributed by atoms with Crippen LogP contribution in [0.1, 0.15) is 16.7 Å².